The van der Waals surface area contributed by atoms with Crippen LogP contribution in [0.1, 0.15) is 207 Å². The zero-order chi connectivity index (χ0) is 49.6. The molecule has 0 fully saturated rings. The summed E-state index contributed by atoms with van der Waals surface area (Å²) in [7, 11) is 0. The summed E-state index contributed by atoms with van der Waals surface area (Å²) in [4.78, 5) is 22.0. The van der Waals surface area contributed by atoms with Gasteiger partial charge in [-0.2, -0.15) is 0 Å². The average molecular weight is 957 g/mol. The molecule has 3 aromatic carbocycles. The second kappa shape index (κ2) is 38.1. The van der Waals surface area contributed by atoms with E-state index in [1.54, 1.807) is 0 Å². The summed E-state index contributed by atoms with van der Waals surface area (Å²) in [5, 5.41) is 0. The molecular weight excluding hydrogens is 865 g/mol. The van der Waals surface area contributed by atoms with Gasteiger partial charge in [-0.1, -0.05) is 145 Å². The second-order valence-corrected chi connectivity index (χ2v) is 18.2. The summed E-state index contributed by atoms with van der Waals surface area (Å²) < 4.78 is 44.3. The van der Waals surface area contributed by atoms with Crippen molar-refractivity contribution in [3.8, 4) is 34.5 Å². The van der Waals surface area contributed by atoms with Crippen molar-refractivity contribution in [2.24, 2.45) is 15.9 Å². The van der Waals surface area contributed by atoms with Crippen molar-refractivity contribution in [2.75, 3.05) is 46.2 Å². The Hall–Kier alpha value is -4.73. The van der Waals surface area contributed by atoms with Crippen LogP contribution >= 0.6 is 0 Å². The lowest BCUT2D eigenvalue weighted by molar-refractivity contribution is -0.148. The van der Waals surface area contributed by atoms with Gasteiger partial charge in [-0.05, 0) is 99.9 Å². The lowest BCUT2D eigenvalue weighted by Crippen LogP contribution is -2.15. The van der Waals surface area contributed by atoms with Gasteiger partial charge in [0.15, 0.2) is 23.0 Å². The molecule has 69 heavy (non-hydrogen) atoms. The van der Waals surface area contributed by atoms with E-state index in [0.29, 0.717) is 75.0 Å². The molecule has 1 atom stereocenters. The molecule has 0 radical (unpaired) electrons. The Morgan fingerprint density at radius 2 is 0.725 bits per heavy atom. The Bertz CT molecular complexity index is 1840. The molecule has 0 aliphatic carbocycles. The van der Waals surface area contributed by atoms with Crippen LogP contribution in [0.3, 0.4) is 0 Å². The van der Waals surface area contributed by atoms with Gasteiger partial charge in [0.05, 0.1) is 63.5 Å². The van der Waals surface area contributed by atoms with Crippen molar-refractivity contribution >= 4 is 29.8 Å². The van der Waals surface area contributed by atoms with Crippen molar-refractivity contribution in [1.82, 2.24) is 0 Å². The Morgan fingerprint density at radius 3 is 1.07 bits per heavy atom. The zero-order valence-electron chi connectivity index (χ0n) is 44.2. The minimum atomic E-state index is -0.142. The largest absolute Gasteiger partial charge is 0.490 e. The molecule has 3 aromatic rings. The number of rotatable bonds is 42. The molecule has 0 spiro atoms. The third-order valence-electron chi connectivity index (χ3n) is 12.1. The number of hydrogen-bond donors (Lipinski definition) is 0. The summed E-state index contributed by atoms with van der Waals surface area (Å²) in [5.41, 5.74) is 3.26. The first-order valence-electron chi connectivity index (χ1n) is 27.4. The first-order chi connectivity index (χ1) is 33.9. The summed E-state index contributed by atoms with van der Waals surface area (Å²) >= 11 is 0. The van der Waals surface area contributed by atoms with Gasteiger partial charge in [-0.25, -0.2) is 0 Å². The Kier molecular flexibility index (Phi) is 32.3. The maximum atomic E-state index is 12.1. The lowest BCUT2D eigenvalue weighted by Gasteiger charge is -2.19. The third kappa shape index (κ3) is 24.1. The van der Waals surface area contributed by atoms with E-state index >= 15 is 0 Å². The van der Waals surface area contributed by atoms with E-state index in [4.69, 9.17) is 43.1 Å². The smallest absolute Gasteiger partial charge is 0.308 e. The summed E-state index contributed by atoms with van der Waals surface area (Å²) in [6.45, 7) is 18.8. The van der Waals surface area contributed by atoms with E-state index in [9.17, 15) is 4.79 Å². The SMILES string of the molecule is CCCCCCOc1ccc(C=Nc2ccc(N=Cc3ccc(OCCCCOC(=O)C(C)CC)c(OCCCCCC)c3OCCCCCC)cc2)c(OCCCCCC)c1OCCCCCC. The minimum absolute atomic E-state index is 0.0853. The molecule has 386 valence electrons. The van der Waals surface area contributed by atoms with Gasteiger partial charge in [0.1, 0.15) is 0 Å². The summed E-state index contributed by atoms with van der Waals surface area (Å²) in [6, 6.07) is 15.9. The van der Waals surface area contributed by atoms with Crippen LogP contribution in [0.4, 0.5) is 11.4 Å². The average Bonchev–Trinajstić information content (AvgIpc) is 3.37. The van der Waals surface area contributed by atoms with Crippen molar-refractivity contribution < 1.29 is 38.0 Å². The van der Waals surface area contributed by atoms with Gasteiger partial charge >= 0.3 is 5.97 Å². The van der Waals surface area contributed by atoms with Crippen LogP contribution in [0, 0.1) is 5.92 Å². The topological polar surface area (TPSA) is 106 Å². The first kappa shape index (κ1) is 58.6. The van der Waals surface area contributed by atoms with Gasteiger partial charge < -0.3 is 33.2 Å². The number of benzene rings is 3. The maximum Gasteiger partial charge on any atom is 0.308 e. The van der Waals surface area contributed by atoms with Gasteiger partial charge in [-0.15, -0.1) is 0 Å². The number of carbonyl (C=O) groups excluding carboxylic acids is 1. The second-order valence-electron chi connectivity index (χ2n) is 18.2. The van der Waals surface area contributed by atoms with Crippen LogP contribution < -0.4 is 28.4 Å². The molecule has 3 rings (SSSR count). The fraction of sp³-hybridized carbons (Fsp3) is 0.644. The highest BCUT2D eigenvalue weighted by atomic mass is 16.6. The number of nitrogens with zero attached hydrogens (tertiary/aromatic N) is 2. The molecule has 0 N–H and O–H groups in total. The van der Waals surface area contributed by atoms with Gasteiger partial charge in [0.25, 0.3) is 0 Å². The molecule has 10 nitrogen and oxygen atoms in total. The van der Waals surface area contributed by atoms with Crippen molar-refractivity contribution in [3.05, 3.63) is 59.7 Å². The molecule has 0 aromatic heterocycles. The van der Waals surface area contributed by atoms with E-state index in [0.717, 1.165) is 137 Å². The lowest BCUT2D eigenvalue weighted by atomic mass is 10.1. The summed E-state index contributed by atoms with van der Waals surface area (Å²) in [5.74, 6) is 3.78. The van der Waals surface area contributed by atoms with Gasteiger partial charge in [-0.3, -0.25) is 14.8 Å². The van der Waals surface area contributed by atoms with Gasteiger partial charge in [0.2, 0.25) is 11.5 Å². The number of esters is 1. The van der Waals surface area contributed by atoms with Crippen LogP contribution in [0.25, 0.3) is 0 Å². The van der Waals surface area contributed by atoms with Gasteiger partial charge in [0, 0.05) is 23.6 Å². The highest BCUT2D eigenvalue weighted by Gasteiger charge is 2.20. The molecule has 10 heteroatoms. The monoisotopic (exact) mass is 957 g/mol. The molecule has 0 saturated heterocycles. The van der Waals surface area contributed by atoms with E-state index in [-0.39, 0.29) is 11.9 Å². The van der Waals surface area contributed by atoms with E-state index in [1.807, 2.05) is 74.8 Å². The van der Waals surface area contributed by atoms with E-state index in [1.165, 1.54) is 38.5 Å². The standard InChI is InChI=1S/C59H92N2O8/c1-8-14-19-24-39-63-53-37-31-49(55(65-41-25-20-15-9-2)57(53)67-43-27-22-17-11-4)46-60-51-33-35-52(36-34-51)61-47-50-32-38-54(64-40-29-30-45-69-59(62)48(7)13-6)58(68-44-28-23-18-12-5)56(50)66-42-26-21-16-10-3/h31-38,46-48H,8-30,39-45H2,1-7H3. The van der Waals surface area contributed by atoms with Crippen LogP contribution in [0.15, 0.2) is 58.5 Å². The molecule has 0 heterocycles. The molecule has 1 unspecified atom stereocenters. The normalized spacial score (nSPS) is 11.9. The first-order valence-corrected chi connectivity index (χ1v) is 27.4. The molecule has 0 amide bonds. The predicted octanol–water partition coefficient (Wildman–Crippen LogP) is 16.7. The minimum Gasteiger partial charge on any atom is -0.490 e. The molecular formula is C59H92N2O8. The fourth-order valence-electron chi connectivity index (χ4n) is 7.43. The Balaban J connectivity index is 1.89. The van der Waals surface area contributed by atoms with Crippen LogP contribution in [-0.2, 0) is 9.53 Å². The molecule has 0 saturated carbocycles. The maximum absolute atomic E-state index is 12.1. The molecule has 0 aliphatic heterocycles. The fourth-order valence-corrected chi connectivity index (χ4v) is 7.43. The number of aliphatic imine (C=N–C) groups is 2. The van der Waals surface area contributed by atoms with E-state index < -0.39 is 0 Å². The predicted molar refractivity (Wildman–Crippen MR) is 287 cm³/mol. The Morgan fingerprint density at radius 1 is 0.406 bits per heavy atom. The van der Waals surface area contributed by atoms with Crippen molar-refractivity contribution in [2.45, 2.75) is 196 Å². The highest BCUT2D eigenvalue weighted by Crippen LogP contribution is 2.42. The van der Waals surface area contributed by atoms with Crippen molar-refractivity contribution in [1.29, 1.82) is 0 Å². The number of ether oxygens (including phenoxy) is 7. The van der Waals surface area contributed by atoms with Crippen molar-refractivity contribution in [3.63, 3.8) is 0 Å². The molecule has 0 aliphatic rings. The van der Waals surface area contributed by atoms with Crippen LogP contribution in [0.2, 0.25) is 0 Å². The van der Waals surface area contributed by atoms with Crippen LogP contribution in [0.5, 0.6) is 34.5 Å². The number of hydrogen-bond acceptors (Lipinski definition) is 10. The highest BCUT2D eigenvalue weighted by molar-refractivity contribution is 5.89. The van der Waals surface area contributed by atoms with Crippen LogP contribution in [-0.4, -0.2) is 64.6 Å². The number of carbonyl (C=O) groups is 1. The molecule has 0 bridgehead atoms. The zero-order valence-corrected chi connectivity index (χ0v) is 44.2. The number of unbranched alkanes of at least 4 members (excludes halogenated alkanes) is 16. The third-order valence-corrected chi connectivity index (χ3v) is 12.1. The summed E-state index contributed by atoms with van der Waals surface area (Å²) in [6.07, 6.45) is 28.1. The Labute approximate surface area is 418 Å². The quantitative estimate of drug-likeness (QED) is 0.0314. The van der Waals surface area contributed by atoms with E-state index in [2.05, 4.69) is 34.6 Å².